The van der Waals surface area contributed by atoms with Crippen LogP contribution in [0.2, 0.25) is 5.02 Å². The number of hydrogen-bond acceptors (Lipinski definition) is 5. The summed E-state index contributed by atoms with van der Waals surface area (Å²) in [7, 11) is 3.34. The summed E-state index contributed by atoms with van der Waals surface area (Å²) in [6, 6.07) is 16.8. The molecule has 0 aliphatic heterocycles. The molecule has 0 spiro atoms. The van der Waals surface area contributed by atoms with Gasteiger partial charge in [-0.3, -0.25) is 5.41 Å². The van der Waals surface area contributed by atoms with Gasteiger partial charge in [-0.05, 0) is 24.3 Å². The van der Waals surface area contributed by atoms with Crippen molar-refractivity contribution in [2.24, 2.45) is 0 Å². The second-order valence-electron chi connectivity index (χ2n) is 5.31. The summed E-state index contributed by atoms with van der Waals surface area (Å²) >= 11 is 6.62. The van der Waals surface area contributed by atoms with Gasteiger partial charge in [-0.15, -0.1) is 10.2 Å². The van der Waals surface area contributed by atoms with Crippen LogP contribution in [0.4, 0.5) is 5.82 Å². The molecule has 2 aromatic carbocycles. The number of hydrogen-bond donors (Lipinski definition) is 2. The molecule has 3 rings (SSSR count). The van der Waals surface area contributed by atoms with E-state index in [1.165, 1.54) is 0 Å². The molecule has 6 heteroatoms. The molecule has 0 saturated carbocycles. The van der Waals surface area contributed by atoms with Crippen LogP contribution in [0.5, 0.6) is 5.75 Å². The number of nitrogens with one attached hydrogen (secondary N) is 2. The number of benzene rings is 2. The lowest BCUT2D eigenvalue weighted by molar-refractivity contribution is 0.415. The molecule has 1 aromatic heterocycles. The zero-order valence-electron chi connectivity index (χ0n) is 13.9. The van der Waals surface area contributed by atoms with Crippen molar-refractivity contribution in [3.05, 3.63) is 70.7 Å². The first kappa shape index (κ1) is 16.9. The Bertz CT molecular complexity index is 895. The Balaban J connectivity index is 2.11. The number of nitrogens with zero attached hydrogens (tertiary/aromatic N) is 2. The standard InChI is InChI=1S/C19H17ClN4O/c1-22-19-15(17(21)12-8-10-14(25-2)11-9-12)16(20)18(23-24-19)13-6-4-3-5-7-13/h3-11,21H,1-2H3,(H,22,24). The molecule has 1 heterocycles. The van der Waals surface area contributed by atoms with Gasteiger partial charge in [-0.2, -0.15) is 0 Å². The molecule has 3 aromatic rings. The van der Waals surface area contributed by atoms with Gasteiger partial charge in [0.15, 0.2) is 5.82 Å². The van der Waals surface area contributed by atoms with Crippen molar-refractivity contribution in [1.82, 2.24) is 10.2 Å². The number of rotatable bonds is 5. The maximum absolute atomic E-state index is 8.61. The molecule has 0 amide bonds. The minimum absolute atomic E-state index is 0.268. The van der Waals surface area contributed by atoms with Crippen LogP contribution in [-0.2, 0) is 0 Å². The summed E-state index contributed by atoms with van der Waals surface area (Å²) in [6.45, 7) is 0. The van der Waals surface area contributed by atoms with E-state index in [9.17, 15) is 0 Å². The highest BCUT2D eigenvalue weighted by Crippen LogP contribution is 2.33. The van der Waals surface area contributed by atoms with Gasteiger partial charge >= 0.3 is 0 Å². The van der Waals surface area contributed by atoms with E-state index in [0.717, 1.165) is 11.3 Å². The monoisotopic (exact) mass is 352 g/mol. The number of methoxy groups -OCH3 is 1. The van der Waals surface area contributed by atoms with Crippen molar-refractivity contribution in [3.8, 4) is 17.0 Å². The van der Waals surface area contributed by atoms with Gasteiger partial charge in [0.25, 0.3) is 0 Å². The first-order valence-electron chi connectivity index (χ1n) is 7.68. The van der Waals surface area contributed by atoms with Crippen LogP contribution in [0.1, 0.15) is 11.1 Å². The van der Waals surface area contributed by atoms with E-state index in [1.807, 2.05) is 54.6 Å². The highest BCUT2D eigenvalue weighted by atomic mass is 35.5. The molecule has 126 valence electrons. The van der Waals surface area contributed by atoms with Crippen molar-refractivity contribution in [2.75, 3.05) is 19.5 Å². The van der Waals surface area contributed by atoms with Crippen LogP contribution in [0.3, 0.4) is 0 Å². The van der Waals surface area contributed by atoms with Crippen LogP contribution in [0, 0.1) is 5.41 Å². The van der Waals surface area contributed by atoms with Gasteiger partial charge in [0, 0.05) is 18.2 Å². The summed E-state index contributed by atoms with van der Waals surface area (Å²) < 4.78 is 5.17. The van der Waals surface area contributed by atoms with Gasteiger partial charge in [-0.1, -0.05) is 41.9 Å². The average molecular weight is 353 g/mol. The summed E-state index contributed by atoms with van der Waals surface area (Å²) in [4.78, 5) is 0. The predicted octanol–water partition coefficient (Wildman–Crippen LogP) is 4.26. The first-order chi connectivity index (χ1) is 12.2. The summed E-state index contributed by atoms with van der Waals surface area (Å²) in [5.41, 5.74) is 2.90. The van der Waals surface area contributed by atoms with Crippen molar-refractivity contribution < 1.29 is 4.74 Å². The fourth-order valence-corrected chi connectivity index (χ4v) is 2.83. The van der Waals surface area contributed by atoms with Crippen LogP contribution in [0.25, 0.3) is 11.3 Å². The van der Waals surface area contributed by atoms with Gasteiger partial charge in [0.2, 0.25) is 0 Å². The van der Waals surface area contributed by atoms with Crippen LogP contribution >= 0.6 is 11.6 Å². The van der Waals surface area contributed by atoms with Crippen molar-refractivity contribution in [2.45, 2.75) is 0 Å². The Kier molecular flexibility index (Phi) is 4.95. The number of aromatic nitrogens is 2. The molecular formula is C19H17ClN4O. The van der Waals surface area contributed by atoms with Gasteiger partial charge < -0.3 is 10.1 Å². The molecule has 0 aliphatic rings. The van der Waals surface area contributed by atoms with E-state index in [-0.39, 0.29) is 5.71 Å². The van der Waals surface area contributed by atoms with E-state index in [4.69, 9.17) is 21.7 Å². The molecule has 0 bridgehead atoms. The molecule has 0 atom stereocenters. The average Bonchev–Trinajstić information content (AvgIpc) is 2.68. The second-order valence-corrected chi connectivity index (χ2v) is 5.68. The third kappa shape index (κ3) is 3.32. The zero-order chi connectivity index (χ0) is 17.8. The Morgan fingerprint density at radius 3 is 2.32 bits per heavy atom. The highest BCUT2D eigenvalue weighted by molar-refractivity contribution is 6.38. The van der Waals surface area contributed by atoms with E-state index in [0.29, 0.717) is 27.7 Å². The van der Waals surface area contributed by atoms with Gasteiger partial charge in [-0.25, -0.2) is 0 Å². The smallest absolute Gasteiger partial charge is 0.159 e. The lowest BCUT2D eigenvalue weighted by Crippen LogP contribution is -2.10. The Morgan fingerprint density at radius 1 is 1.04 bits per heavy atom. The van der Waals surface area contributed by atoms with Crippen molar-refractivity contribution in [3.63, 3.8) is 0 Å². The second kappa shape index (κ2) is 7.32. The maximum Gasteiger partial charge on any atom is 0.159 e. The predicted molar refractivity (Wildman–Crippen MR) is 101 cm³/mol. The lowest BCUT2D eigenvalue weighted by atomic mass is 10.0. The van der Waals surface area contributed by atoms with Gasteiger partial charge in [0.05, 0.1) is 23.4 Å². The fraction of sp³-hybridized carbons (Fsp3) is 0.105. The van der Waals surface area contributed by atoms with Crippen LogP contribution in [0.15, 0.2) is 54.6 Å². The van der Waals surface area contributed by atoms with E-state index >= 15 is 0 Å². The number of ether oxygens (including phenoxy) is 1. The molecule has 0 saturated heterocycles. The molecule has 25 heavy (non-hydrogen) atoms. The zero-order valence-corrected chi connectivity index (χ0v) is 14.6. The Hall–Kier alpha value is -2.92. The van der Waals surface area contributed by atoms with E-state index in [1.54, 1.807) is 14.2 Å². The molecule has 0 aliphatic carbocycles. The van der Waals surface area contributed by atoms with Gasteiger partial charge in [0.1, 0.15) is 11.4 Å². The lowest BCUT2D eigenvalue weighted by Gasteiger charge is -2.14. The molecular weight excluding hydrogens is 336 g/mol. The SMILES string of the molecule is CNc1nnc(-c2ccccc2)c(Cl)c1C(=N)c1ccc(OC)cc1. The molecule has 0 unspecified atom stereocenters. The summed E-state index contributed by atoms with van der Waals surface area (Å²) in [6.07, 6.45) is 0. The molecule has 2 N–H and O–H groups in total. The topological polar surface area (TPSA) is 70.9 Å². The van der Waals surface area contributed by atoms with Crippen molar-refractivity contribution >= 4 is 23.1 Å². The van der Waals surface area contributed by atoms with Crippen LogP contribution < -0.4 is 10.1 Å². The van der Waals surface area contributed by atoms with E-state index in [2.05, 4.69) is 15.5 Å². The largest absolute Gasteiger partial charge is 0.497 e. The highest BCUT2D eigenvalue weighted by Gasteiger charge is 2.20. The minimum atomic E-state index is 0.268. The summed E-state index contributed by atoms with van der Waals surface area (Å²) in [5, 5.41) is 20.4. The summed E-state index contributed by atoms with van der Waals surface area (Å²) in [5.74, 6) is 1.19. The normalized spacial score (nSPS) is 10.4. The Morgan fingerprint density at radius 2 is 1.72 bits per heavy atom. The molecule has 0 fully saturated rings. The maximum atomic E-state index is 8.61. The Labute approximate surface area is 151 Å². The quantitative estimate of drug-likeness (QED) is 0.673. The number of halogens is 1. The van der Waals surface area contributed by atoms with Crippen LogP contribution in [-0.4, -0.2) is 30.1 Å². The fourth-order valence-electron chi connectivity index (χ4n) is 2.50. The van der Waals surface area contributed by atoms with E-state index < -0.39 is 0 Å². The van der Waals surface area contributed by atoms with Crippen molar-refractivity contribution in [1.29, 1.82) is 5.41 Å². The minimum Gasteiger partial charge on any atom is -0.497 e. The third-order valence-corrected chi connectivity index (χ3v) is 4.19. The molecule has 0 radical (unpaired) electrons. The first-order valence-corrected chi connectivity index (χ1v) is 8.06. The third-order valence-electron chi connectivity index (χ3n) is 3.83. The molecule has 5 nitrogen and oxygen atoms in total. The number of anilines is 1.